The number of rotatable bonds is 2. The van der Waals surface area contributed by atoms with Crippen molar-refractivity contribution in [2.24, 2.45) is 0 Å². The number of benzene rings is 2. The lowest BCUT2D eigenvalue weighted by Crippen LogP contribution is -2.13. The second kappa shape index (κ2) is 5.06. The van der Waals surface area contributed by atoms with Crippen molar-refractivity contribution in [1.29, 1.82) is 0 Å². The summed E-state index contributed by atoms with van der Waals surface area (Å²) in [6, 6.07) is 5.90. The zero-order chi connectivity index (χ0) is 15.9. The Bertz CT molecular complexity index is 946. The number of carbonyl (C=O) groups is 1. The lowest BCUT2D eigenvalue weighted by molar-refractivity contribution is 0.102. The molecule has 0 aliphatic carbocycles. The summed E-state index contributed by atoms with van der Waals surface area (Å²) < 4.78 is 39.5. The first-order valence-electron chi connectivity index (χ1n) is 6.12. The van der Waals surface area contributed by atoms with Crippen LogP contribution >= 0.6 is 0 Å². The molecule has 3 aromatic rings. The number of H-pyrrole nitrogens is 2. The summed E-state index contributed by atoms with van der Waals surface area (Å²) in [7, 11) is 0. The van der Waals surface area contributed by atoms with E-state index in [1.807, 2.05) is 0 Å². The number of carbonyl (C=O) groups excluding carboxylic acids is 1. The summed E-state index contributed by atoms with van der Waals surface area (Å²) in [4.78, 5) is 28.1. The first-order valence-corrected chi connectivity index (χ1v) is 6.12. The van der Waals surface area contributed by atoms with E-state index in [0.29, 0.717) is 17.1 Å². The second-order valence-corrected chi connectivity index (χ2v) is 4.52. The molecule has 3 N–H and O–H groups in total. The molecular weight excluding hydrogens is 299 g/mol. The van der Waals surface area contributed by atoms with Gasteiger partial charge in [-0.1, -0.05) is 0 Å². The molecule has 0 fully saturated rings. The number of nitrogens with one attached hydrogen (secondary N) is 3. The van der Waals surface area contributed by atoms with Crippen LogP contribution in [0, 0.1) is 17.5 Å². The molecule has 0 atom stereocenters. The summed E-state index contributed by atoms with van der Waals surface area (Å²) in [5, 5.41) is 2.14. The van der Waals surface area contributed by atoms with Crippen LogP contribution in [0.5, 0.6) is 0 Å². The molecule has 0 bridgehead atoms. The fourth-order valence-electron chi connectivity index (χ4n) is 1.99. The van der Waals surface area contributed by atoms with Crippen molar-refractivity contribution in [1.82, 2.24) is 9.97 Å². The minimum Gasteiger partial charge on any atom is -0.319 e. The van der Waals surface area contributed by atoms with Crippen LogP contribution < -0.4 is 11.0 Å². The Kier molecular flexibility index (Phi) is 3.21. The average molecular weight is 307 g/mol. The number of aromatic amines is 2. The van der Waals surface area contributed by atoms with Crippen molar-refractivity contribution < 1.29 is 18.0 Å². The Morgan fingerprint density at radius 3 is 2.45 bits per heavy atom. The maximum atomic E-state index is 13.5. The highest BCUT2D eigenvalue weighted by Gasteiger charge is 2.16. The number of amides is 1. The molecule has 5 nitrogen and oxygen atoms in total. The largest absolute Gasteiger partial charge is 0.323 e. The van der Waals surface area contributed by atoms with E-state index in [2.05, 4.69) is 15.3 Å². The number of halogens is 3. The van der Waals surface area contributed by atoms with Crippen LogP contribution in [0.15, 0.2) is 35.1 Å². The number of hydrogen-bond donors (Lipinski definition) is 3. The van der Waals surface area contributed by atoms with Gasteiger partial charge in [0.2, 0.25) is 0 Å². The van der Waals surface area contributed by atoms with Gasteiger partial charge in [0.05, 0.1) is 16.7 Å². The molecule has 0 aliphatic heterocycles. The molecule has 0 unspecified atom stereocenters. The van der Waals surface area contributed by atoms with Crippen molar-refractivity contribution in [3.8, 4) is 0 Å². The summed E-state index contributed by atoms with van der Waals surface area (Å²) in [5.74, 6) is -5.22. The highest BCUT2D eigenvalue weighted by Crippen LogP contribution is 2.20. The Hall–Kier alpha value is -3.03. The maximum absolute atomic E-state index is 13.5. The summed E-state index contributed by atoms with van der Waals surface area (Å²) >= 11 is 0. The highest BCUT2D eigenvalue weighted by molar-refractivity contribution is 6.05. The zero-order valence-electron chi connectivity index (χ0n) is 10.8. The molecule has 0 aliphatic rings. The van der Waals surface area contributed by atoms with Gasteiger partial charge in [-0.05, 0) is 30.3 Å². The molecule has 1 aromatic heterocycles. The third-order valence-electron chi connectivity index (χ3n) is 3.06. The van der Waals surface area contributed by atoms with E-state index in [9.17, 15) is 22.8 Å². The third-order valence-corrected chi connectivity index (χ3v) is 3.06. The third kappa shape index (κ3) is 2.34. The number of hydrogen-bond acceptors (Lipinski definition) is 2. The Morgan fingerprint density at radius 1 is 0.955 bits per heavy atom. The Balaban J connectivity index is 1.93. The fraction of sp³-hybridized carbons (Fsp3) is 0. The number of imidazole rings is 1. The van der Waals surface area contributed by atoms with Gasteiger partial charge in [-0.25, -0.2) is 18.0 Å². The first-order chi connectivity index (χ1) is 10.5. The number of aromatic nitrogens is 2. The van der Waals surface area contributed by atoms with E-state index in [-0.39, 0.29) is 5.56 Å². The fourth-order valence-corrected chi connectivity index (χ4v) is 1.99. The van der Waals surface area contributed by atoms with Crippen LogP contribution in [0.4, 0.5) is 18.9 Å². The van der Waals surface area contributed by atoms with Gasteiger partial charge in [-0.15, -0.1) is 0 Å². The van der Waals surface area contributed by atoms with Gasteiger partial charge in [-0.3, -0.25) is 4.79 Å². The highest BCUT2D eigenvalue weighted by atomic mass is 19.2. The molecule has 3 rings (SSSR count). The van der Waals surface area contributed by atoms with Crippen LogP contribution in [-0.4, -0.2) is 15.9 Å². The molecule has 1 amide bonds. The van der Waals surface area contributed by atoms with E-state index in [0.717, 1.165) is 6.07 Å². The molecular formula is C14H8F3N3O2. The summed E-state index contributed by atoms with van der Waals surface area (Å²) in [6.07, 6.45) is 0. The Labute approximate surface area is 120 Å². The lowest BCUT2D eigenvalue weighted by Gasteiger charge is -2.07. The van der Waals surface area contributed by atoms with E-state index in [1.165, 1.54) is 18.2 Å². The van der Waals surface area contributed by atoms with Crippen molar-refractivity contribution in [3.05, 3.63) is 63.8 Å². The van der Waals surface area contributed by atoms with Crippen LogP contribution in [0.2, 0.25) is 0 Å². The van der Waals surface area contributed by atoms with E-state index in [4.69, 9.17) is 0 Å². The summed E-state index contributed by atoms with van der Waals surface area (Å²) in [6.45, 7) is 0. The van der Waals surface area contributed by atoms with Gasteiger partial charge in [-0.2, -0.15) is 0 Å². The monoisotopic (exact) mass is 307 g/mol. The predicted octanol–water partition coefficient (Wildman–Crippen LogP) is 2.53. The van der Waals surface area contributed by atoms with Crippen LogP contribution in [0.1, 0.15) is 10.4 Å². The van der Waals surface area contributed by atoms with Gasteiger partial charge in [0, 0.05) is 5.56 Å². The van der Waals surface area contributed by atoms with Crippen molar-refractivity contribution in [2.75, 3.05) is 5.32 Å². The molecule has 2 aromatic carbocycles. The topological polar surface area (TPSA) is 77.8 Å². The lowest BCUT2D eigenvalue weighted by atomic mass is 10.2. The van der Waals surface area contributed by atoms with E-state index in [1.54, 1.807) is 0 Å². The van der Waals surface area contributed by atoms with Crippen LogP contribution in [-0.2, 0) is 0 Å². The second-order valence-electron chi connectivity index (χ2n) is 4.52. The predicted molar refractivity (Wildman–Crippen MR) is 73.2 cm³/mol. The zero-order valence-corrected chi connectivity index (χ0v) is 10.8. The van der Waals surface area contributed by atoms with Gasteiger partial charge in [0.15, 0.2) is 17.5 Å². The molecule has 0 saturated heterocycles. The van der Waals surface area contributed by atoms with Gasteiger partial charge in [0.25, 0.3) is 5.91 Å². The minimum atomic E-state index is -1.66. The van der Waals surface area contributed by atoms with Crippen molar-refractivity contribution in [3.63, 3.8) is 0 Å². The average Bonchev–Trinajstić information content (AvgIpc) is 2.86. The maximum Gasteiger partial charge on any atom is 0.323 e. The van der Waals surface area contributed by atoms with Crippen LogP contribution in [0.3, 0.4) is 0 Å². The normalized spacial score (nSPS) is 10.9. The molecule has 22 heavy (non-hydrogen) atoms. The Morgan fingerprint density at radius 2 is 1.68 bits per heavy atom. The molecule has 112 valence electrons. The van der Waals surface area contributed by atoms with Crippen LogP contribution in [0.25, 0.3) is 11.0 Å². The smallest absolute Gasteiger partial charge is 0.319 e. The van der Waals surface area contributed by atoms with Crippen molar-refractivity contribution >= 4 is 22.6 Å². The molecule has 1 heterocycles. The number of anilines is 1. The van der Waals surface area contributed by atoms with E-state index < -0.39 is 34.7 Å². The molecule has 8 heteroatoms. The molecule has 0 saturated carbocycles. The van der Waals surface area contributed by atoms with E-state index >= 15 is 0 Å². The molecule has 0 spiro atoms. The van der Waals surface area contributed by atoms with Gasteiger partial charge < -0.3 is 15.3 Å². The number of fused-ring (bicyclic) bond motifs is 1. The quantitative estimate of drug-likeness (QED) is 0.636. The van der Waals surface area contributed by atoms with Crippen molar-refractivity contribution in [2.45, 2.75) is 0 Å². The van der Waals surface area contributed by atoms with Gasteiger partial charge >= 0.3 is 5.69 Å². The minimum absolute atomic E-state index is 0.117. The standard InChI is InChI=1S/C14H8F3N3O2/c15-7-2-4-9(12(17)11(7)16)18-13(21)6-1-3-8-10(5-6)20-14(22)19-8/h1-5H,(H,18,21)(H2,19,20,22). The SMILES string of the molecule is O=C(Nc1ccc(F)c(F)c1F)c1ccc2[nH]c(=O)[nH]c2c1. The first kappa shape index (κ1) is 13.9. The van der Waals surface area contributed by atoms with Gasteiger partial charge in [0.1, 0.15) is 0 Å². The summed E-state index contributed by atoms with van der Waals surface area (Å²) in [5.41, 5.74) is 0.0987. The molecule has 0 radical (unpaired) electrons.